The van der Waals surface area contributed by atoms with Crippen molar-refractivity contribution in [2.75, 3.05) is 26.7 Å². The Labute approximate surface area is 119 Å². The number of methoxy groups -OCH3 is 1. The summed E-state index contributed by atoms with van der Waals surface area (Å²) in [7, 11) is -1.96. The van der Waals surface area contributed by atoms with Crippen LogP contribution in [0.3, 0.4) is 0 Å². The van der Waals surface area contributed by atoms with E-state index in [0.29, 0.717) is 18.3 Å². The minimum atomic E-state index is -3.47. The number of nitrogens with one attached hydrogen (secondary N) is 1. The van der Waals surface area contributed by atoms with Gasteiger partial charge in [0.2, 0.25) is 15.9 Å². The van der Waals surface area contributed by atoms with Crippen LogP contribution >= 0.6 is 0 Å². The normalized spacial score (nSPS) is 27.2. The van der Waals surface area contributed by atoms with Gasteiger partial charge in [-0.25, -0.2) is 13.4 Å². The molecule has 0 unspecified atom stereocenters. The molecule has 7 heteroatoms. The zero-order valence-corrected chi connectivity index (χ0v) is 12.3. The average molecular weight is 297 g/mol. The summed E-state index contributed by atoms with van der Waals surface area (Å²) in [4.78, 5) is 4.24. The third-order valence-electron chi connectivity index (χ3n) is 4.15. The first-order valence-electron chi connectivity index (χ1n) is 6.85. The molecule has 0 radical (unpaired) electrons. The summed E-state index contributed by atoms with van der Waals surface area (Å²) in [5.41, 5.74) is 0. The first kappa shape index (κ1) is 13.8. The van der Waals surface area contributed by atoms with Crippen LogP contribution in [0.1, 0.15) is 12.8 Å². The summed E-state index contributed by atoms with van der Waals surface area (Å²) in [5, 5.41) is 3.29. The summed E-state index contributed by atoms with van der Waals surface area (Å²) in [6.07, 6.45) is 3.40. The van der Waals surface area contributed by atoms with E-state index in [0.717, 1.165) is 25.9 Å². The summed E-state index contributed by atoms with van der Waals surface area (Å²) in [5.74, 6) is 0.854. The second-order valence-corrected chi connectivity index (χ2v) is 7.17. The maximum atomic E-state index is 12.7. The van der Waals surface area contributed by atoms with Gasteiger partial charge in [0.15, 0.2) is 0 Å². The Bertz CT molecular complexity index is 573. The topological polar surface area (TPSA) is 71.5 Å². The van der Waals surface area contributed by atoms with E-state index >= 15 is 0 Å². The summed E-state index contributed by atoms with van der Waals surface area (Å²) >= 11 is 0. The van der Waals surface area contributed by atoms with E-state index in [-0.39, 0.29) is 10.9 Å². The monoisotopic (exact) mass is 297 g/mol. The molecule has 0 amide bonds. The lowest BCUT2D eigenvalue weighted by Gasteiger charge is -2.35. The fraction of sp³-hybridized carbons (Fsp3) is 0.615. The van der Waals surface area contributed by atoms with Crippen molar-refractivity contribution in [3.8, 4) is 5.88 Å². The molecule has 0 aliphatic carbocycles. The van der Waals surface area contributed by atoms with Crippen molar-refractivity contribution in [1.29, 1.82) is 0 Å². The summed E-state index contributed by atoms with van der Waals surface area (Å²) < 4.78 is 32.1. The molecule has 2 atom stereocenters. The lowest BCUT2D eigenvalue weighted by molar-refractivity contribution is 0.217. The van der Waals surface area contributed by atoms with Gasteiger partial charge >= 0.3 is 0 Å². The molecule has 0 bridgehead atoms. The Morgan fingerprint density at radius 1 is 1.40 bits per heavy atom. The number of rotatable bonds is 3. The zero-order valence-electron chi connectivity index (χ0n) is 11.4. The Morgan fingerprint density at radius 3 is 2.95 bits per heavy atom. The van der Waals surface area contributed by atoms with Crippen molar-refractivity contribution in [2.24, 2.45) is 5.92 Å². The van der Waals surface area contributed by atoms with Crippen molar-refractivity contribution in [3.63, 3.8) is 0 Å². The van der Waals surface area contributed by atoms with Gasteiger partial charge < -0.3 is 10.1 Å². The maximum Gasteiger partial charge on any atom is 0.244 e. The van der Waals surface area contributed by atoms with E-state index in [4.69, 9.17) is 4.74 Å². The van der Waals surface area contributed by atoms with Gasteiger partial charge in [-0.1, -0.05) is 0 Å². The second kappa shape index (κ2) is 5.31. The molecule has 20 heavy (non-hydrogen) atoms. The number of fused-ring (bicyclic) bond motifs is 1. The minimum absolute atomic E-state index is 0.0795. The van der Waals surface area contributed by atoms with Crippen LogP contribution in [0.5, 0.6) is 5.88 Å². The van der Waals surface area contributed by atoms with Gasteiger partial charge in [0.25, 0.3) is 0 Å². The summed E-state index contributed by atoms with van der Waals surface area (Å²) in [6.45, 7) is 2.25. The highest BCUT2D eigenvalue weighted by Gasteiger charge is 2.41. The van der Waals surface area contributed by atoms with Crippen molar-refractivity contribution in [1.82, 2.24) is 14.6 Å². The van der Waals surface area contributed by atoms with Crippen molar-refractivity contribution in [2.45, 2.75) is 23.8 Å². The van der Waals surface area contributed by atoms with Gasteiger partial charge in [0.1, 0.15) is 4.90 Å². The van der Waals surface area contributed by atoms with Gasteiger partial charge in [0.05, 0.1) is 13.3 Å². The predicted molar refractivity (Wildman–Crippen MR) is 74.1 cm³/mol. The molecule has 2 saturated heterocycles. The molecule has 110 valence electrons. The Kier molecular flexibility index (Phi) is 3.66. The van der Waals surface area contributed by atoms with Gasteiger partial charge in [-0.2, -0.15) is 4.31 Å². The zero-order chi connectivity index (χ0) is 14.2. The van der Waals surface area contributed by atoms with Gasteiger partial charge in [0, 0.05) is 25.2 Å². The first-order valence-corrected chi connectivity index (χ1v) is 8.29. The molecular weight excluding hydrogens is 278 g/mol. The van der Waals surface area contributed by atoms with Crippen LogP contribution in [-0.4, -0.2) is 50.5 Å². The SMILES string of the molecule is COc1ccc(S(=O)(=O)N2CCC[C@H]3CNC[C@H]32)cn1. The fourth-order valence-electron chi connectivity index (χ4n) is 3.10. The highest BCUT2D eigenvalue weighted by atomic mass is 32.2. The van der Waals surface area contributed by atoms with Crippen LogP contribution in [0.25, 0.3) is 0 Å². The lowest BCUT2D eigenvalue weighted by atomic mass is 9.94. The van der Waals surface area contributed by atoms with Crippen molar-refractivity contribution >= 4 is 10.0 Å². The quantitative estimate of drug-likeness (QED) is 0.878. The summed E-state index contributed by atoms with van der Waals surface area (Å²) in [6, 6.07) is 3.23. The van der Waals surface area contributed by atoms with E-state index < -0.39 is 10.0 Å². The third kappa shape index (κ3) is 2.30. The highest BCUT2D eigenvalue weighted by Crippen LogP contribution is 2.31. The first-order chi connectivity index (χ1) is 9.63. The molecule has 2 aliphatic heterocycles. The number of sulfonamides is 1. The van der Waals surface area contributed by atoms with Crippen LogP contribution < -0.4 is 10.1 Å². The number of aromatic nitrogens is 1. The van der Waals surface area contributed by atoms with Gasteiger partial charge in [-0.3, -0.25) is 0 Å². The van der Waals surface area contributed by atoms with E-state index in [9.17, 15) is 8.42 Å². The number of piperidine rings is 1. The predicted octanol–water partition coefficient (Wildman–Crippen LogP) is 0.463. The van der Waals surface area contributed by atoms with Crippen LogP contribution in [-0.2, 0) is 10.0 Å². The molecule has 1 aromatic heterocycles. The van der Waals surface area contributed by atoms with Crippen LogP contribution in [0.4, 0.5) is 0 Å². The Hall–Kier alpha value is -1.18. The molecule has 2 aliphatic rings. The largest absolute Gasteiger partial charge is 0.481 e. The molecule has 1 N–H and O–H groups in total. The number of hydrogen-bond donors (Lipinski definition) is 1. The van der Waals surface area contributed by atoms with E-state index in [1.54, 1.807) is 16.4 Å². The van der Waals surface area contributed by atoms with E-state index in [1.165, 1.54) is 13.3 Å². The van der Waals surface area contributed by atoms with Gasteiger partial charge in [-0.15, -0.1) is 0 Å². The second-order valence-electron chi connectivity index (χ2n) is 5.28. The molecular formula is C13H19N3O3S. The smallest absolute Gasteiger partial charge is 0.244 e. The molecule has 6 nitrogen and oxygen atoms in total. The minimum Gasteiger partial charge on any atom is -0.481 e. The molecule has 1 aromatic rings. The fourth-order valence-corrected chi connectivity index (χ4v) is 4.77. The molecule has 0 aromatic carbocycles. The van der Waals surface area contributed by atoms with Gasteiger partial charge in [-0.05, 0) is 31.4 Å². The van der Waals surface area contributed by atoms with Crippen molar-refractivity contribution < 1.29 is 13.2 Å². The van der Waals surface area contributed by atoms with Crippen LogP contribution in [0, 0.1) is 5.92 Å². The van der Waals surface area contributed by atoms with E-state index in [1.807, 2.05) is 0 Å². The Morgan fingerprint density at radius 2 is 2.25 bits per heavy atom. The molecule has 0 saturated carbocycles. The standard InChI is InChI=1S/C13H19N3O3S/c1-19-13-5-4-11(8-15-13)20(17,18)16-6-2-3-10-7-14-9-12(10)16/h4-5,8,10,12,14H,2-3,6-7,9H2,1H3/t10-,12+/m0/s1. The third-order valence-corrected chi connectivity index (χ3v) is 6.06. The molecule has 0 spiro atoms. The van der Waals surface area contributed by atoms with E-state index in [2.05, 4.69) is 10.3 Å². The van der Waals surface area contributed by atoms with Crippen LogP contribution in [0.2, 0.25) is 0 Å². The number of ether oxygens (including phenoxy) is 1. The van der Waals surface area contributed by atoms with Crippen LogP contribution in [0.15, 0.2) is 23.2 Å². The number of hydrogen-bond acceptors (Lipinski definition) is 5. The lowest BCUT2D eigenvalue weighted by Crippen LogP contribution is -2.48. The molecule has 3 heterocycles. The number of nitrogens with zero attached hydrogens (tertiary/aromatic N) is 2. The highest BCUT2D eigenvalue weighted by molar-refractivity contribution is 7.89. The number of pyridine rings is 1. The Balaban J connectivity index is 1.89. The maximum absolute atomic E-state index is 12.7. The van der Waals surface area contributed by atoms with Crippen molar-refractivity contribution in [3.05, 3.63) is 18.3 Å². The average Bonchev–Trinajstić information content (AvgIpc) is 2.95. The molecule has 3 rings (SSSR count). The molecule has 2 fully saturated rings.